The smallest absolute Gasteiger partial charge is 0.222 e. The highest BCUT2D eigenvalue weighted by Crippen LogP contribution is 2.34. The molecule has 7 heteroatoms. The maximum Gasteiger partial charge on any atom is 0.222 e. The number of nitrogens with zero attached hydrogens (tertiary/aromatic N) is 1. The van der Waals surface area contributed by atoms with Crippen LogP contribution in [0.5, 0.6) is 0 Å². The van der Waals surface area contributed by atoms with Gasteiger partial charge in [-0.2, -0.15) is 0 Å². The third kappa shape index (κ3) is 4.60. The number of aliphatic hydroxyl groups is 3. The summed E-state index contributed by atoms with van der Waals surface area (Å²) in [5.41, 5.74) is 6.17. The molecule has 1 saturated heterocycles. The number of carboxylic acids is 1. The van der Waals surface area contributed by atoms with Crippen LogP contribution in [0.2, 0.25) is 0 Å². The molecule has 2 aromatic rings. The molecule has 33 heavy (non-hydrogen) atoms. The first-order valence-corrected chi connectivity index (χ1v) is 11.3. The van der Waals surface area contributed by atoms with Gasteiger partial charge in [-0.1, -0.05) is 54.6 Å². The van der Waals surface area contributed by atoms with E-state index < -0.39 is 36.6 Å². The number of carbonyl (C=O) groups excluding carboxylic acids is 1. The molecule has 0 saturated carbocycles. The maximum absolute atomic E-state index is 11.4. The Morgan fingerprint density at radius 2 is 1.52 bits per heavy atom. The van der Waals surface area contributed by atoms with Gasteiger partial charge < -0.3 is 34.4 Å². The molecule has 2 aliphatic rings. The second-order valence-corrected chi connectivity index (χ2v) is 9.46. The van der Waals surface area contributed by atoms with E-state index in [4.69, 9.17) is 4.74 Å². The zero-order valence-electron chi connectivity index (χ0n) is 18.9. The first kappa shape index (κ1) is 23.6. The molecule has 0 spiro atoms. The third-order valence-corrected chi connectivity index (χ3v) is 6.84. The summed E-state index contributed by atoms with van der Waals surface area (Å²) < 4.78 is 5.61. The summed E-state index contributed by atoms with van der Waals surface area (Å²) in [6.45, 7) is 0.512. The molecule has 1 heterocycles. The number of likely N-dealkylation sites (N-methyl/N-ethyl adjacent to an activating group) is 1. The van der Waals surface area contributed by atoms with Gasteiger partial charge in [-0.3, -0.25) is 0 Å². The lowest BCUT2D eigenvalue weighted by molar-refractivity contribution is -0.944. The molecule has 0 bridgehead atoms. The third-order valence-electron chi connectivity index (χ3n) is 6.84. The lowest BCUT2D eigenvalue weighted by Crippen LogP contribution is -2.69. The van der Waals surface area contributed by atoms with Crippen molar-refractivity contribution in [3.05, 3.63) is 76.9 Å². The molecule has 1 aliphatic heterocycles. The summed E-state index contributed by atoms with van der Waals surface area (Å²) in [5, 5.41) is 42.0. The van der Waals surface area contributed by atoms with Gasteiger partial charge in [0, 0.05) is 6.42 Å². The Hall–Kier alpha value is -2.55. The van der Waals surface area contributed by atoms with Gasteiger partial charge in [-0.25, -0.2) is 0 Å². The Labute approximate surface area is 193 Å². The summed E-state index contributed by atoms with van der Waals surface area (Å²) in [4.78, 5) is 11.4. The molecular formula is C26H31NO6. The van der Waals surface area contributed by atoms with Crippen molar-refractivity contribution in [1.29, 1.82) is 0 Å². The van der Waals surface area contributed by atoms with E-state index in [0.29, 0.717) is 13.0 Å². The molecule has 0 amide bonds. The van der Waals surface area contributed by atoms with Crippen LogP contribution in [0.1, 0.15) is 28.7 Å². The topological polar surface area (TPSA) is 110 Å². The number of carboxylic acid groups (broad SMARTS) is 1. The average molecular weight is 454 g/mol. The highest BCUT2D eigenvalue weighted by molar-refractivity contribution is 5.83. The van der Waals surface area contributed by atoms with Crippen molar-refractivity contribution in [2.45, 2.75) is 49.9 Å². The molecule has 7 nitrogen and oxygen atoms in total. The van der Waals surface area contributed by atoms with Gasteiger partial charge in [0.25, 0.3) is 0 Å². The van der Waals surface area contributed by atoms with Gasteiger partial charge >= 0.3 is 0 Å². The summed E-state index contributed by atoms with van der Waals surface area (Å²) >= 11 is 0. The lowest BCUT2D eigenvalue weighted by atomic mass is 9.93. The largest absolute Gasteiger partial charge is 0.547 e. The molecule has 0 aromatic heterocycles. The van der Waals surface area contributed by atoms with Gasteiger partial charge in [0.05, 0.1) is 26.6 Å². The van der Waals surface area contributed by atoms with E-state index in [1.807, 2.05) is 12.1 Å². The monoisotopic (exact) mass is 453 g/mol. The van der Waals surface area contributed by atoms with Gasteiger partial charge in [0.15, 0.2) is 6.10 Å². The van der Waals surface area contributed by atoms with Crippen molar-refractivity contribution >= 4 is 11.5 Å². The van der Waals surface area contributed by atoms with Crippen LogP contribution in [-0.4, -0.2) is 77.1 Å². The van der Waals surface area contributed by atoms with E-state index in [9.17, 15) is 25.2 Å². The predicted molar refractivity (Wildman–Crippen MR) is 121 cm³/mol. The Bertz CT molecular complexity index is 999. The van der Waals surface area contributed by atoms with Crippen LogP contribution in [0, 0.1) is 0 Å². The molecule has 4 rings (SSSR count). The fourth-order valence-corrected chi connectivity index (χ4v) is 4.94. The minimum absolute atomic E-state index is 0.0990. The van der Waals surface area contributed by atoms with Crippen LogP contribution >= 0.6 is 0 Å². The minimum Gasteiger partial charge on any atom is -0.547 e. The first-order valence-electron chi connectivity index (χ1n) is 11.3. The zero-order chi connectivity index (χ0) is 23.8. The number of rotatable bonds is 5. The number of fused-ring (bicyclic) bond motifs is 2. The predicted octanol–water partition coefficient (Wildman–Crippen LogP) is 0.241. The standard InChI is InChI=1S/C26H31NO6/c1-27(2,25-23(30)21(28)22(29)24(33-25)26(31)32)15-7-12-20-18-10-5-3-8-16(18)13-14-17-9-4-6-11-19(17)20/h3-6,8-12,21-25,28-30H,7,13-15H2,1-2H3/t21-,22-,23+,24-,25?/m0/s1. The van der Waals surface area contributed by atoms with Crippen molar-refractivity contribution in [2.24, 2.45) is 0 Å². The van der Waals surface area contributed by atoms with Crippen molar-refractivity contribution in [1.82, 2.24) is 0 Å². The number of carbonyl (C=O) groups is 1. The molecular weight excluding hydrogens is 422 g/mol. The van der Waals surface area contributed by atoms with Crippen molar-refractivity contribution in [3.63, 3.8) is 0 Å². The SMILES string of the molecule is C[N+](C)(CCC=C1c2ccccc2CCc2ccccc21)C1O[C@H](C(=O)[O-])[C@@H](O)[C@H](O)[C@H]1O. The molecule has 176 valence electrons. The Morgan fingerprint density at radius 1 is 0.970 bits per heavy atom. The normalized spacial score (nSPS) is 27.3. The quantitative estimate of drug-likeness (QED) is 0.560. The number of hydrogen-bond donors (Lipinski definition) is 3. The Morgan fingerprint density at radius 3 is 2.06 bits per heavy atom. The summed E-state index contributed by atoms with van der Waals surface area (Å²) in [6.07, 6.45) is -2.80. The number of quaternary nitrogens is 1. The second kappa shape index (κ2) is 9.37. The molecule has 1 unspecified atom stereocenters. The van der Waals surface area contributed by atoms with E-state index >= 15 is 0 Å². The fourth-order valence-electron chi connectivity index (χ4n) is 4.94. The number of aliphatic hydroxyl groups excluding tert-OH is 3. The number of aliphatic carboxylic acids is 1. The van der Waals surface area contributed by atoms with Gasteiger partial charge in [0.1, 0.15) is 18.3 Å². The fraction of sp³-hybridized carbons (Fsp3) is 0.423. The van der Waals surface area contributed by atoms with Gasteiger partial charge in [-0.15, -0.1) is 0 Å². The van der Waals surface area contributed by atoms with Gasteiger partial charge in [0.2, 0.25) is 6.23 Å². The van der Waals surface area contributed by atoms with Crippen LogP contribution in [0.4, 0.5) is 0 Å². The van der Waals surface area contributed by atoms with Crippen LogP contribution in [-0.2, 0) is 22.4 Å². The van der Waals surface area contributed by atoms with Crippen molar-refractivity contribution in [3.8, 4) is 0 Å². The molecule has 5 atom stereocenters. The number of ether oxygens (including phenoxy) is 1. The second-order valence-electron chi connectivity index (χ2n) is 9.46. The lowest BCUT2D eigenvalue weighted by Gasteiger charge is -2.47. The molecule has 1 aliphatic carbocycles. The van der Waals surface area contributed by atoms with Crippen molar-refractivity contribution in [2.75, 3.05) is 20.6 Å². The van der Waals surface area contributed by atoms with Gasteiger partial charge in [-0.05, 0) is 40.7 Å². The number of hydrogen-bond acceptors (Lipinski definition) is 6. The molecule has 0 radical (unpaired) electrons. The summed E-state index contributed by atoms with van der Waals surface area (Å²) in [6, 6.07) is 16.8. The van der Waals surface area contributed by atoms with Crippen LogP contribution in [0.15, 0.2) is 54.6 Å². The Balaban J connectivity index is 1.59. The minimum atomic E-state index is -1.75. The van der Waals surface area contributed by atoms with E-state index in [2.05, 4.69) is 42.5 Å². The van der Waals surface area contributed by atoms with E-state index in [0.717, 1.165) is 18.4 Å². The van der Waals surface area contributed by atoms with Crippen LogP contribution in [0.3, 0.4) is 0 Å². The highest BCUT2D eigenvalue weighted by Gasteiger charge is 2.50. The summed E-state index contributed by atoms with van der Waals surface area (Å²) in [7, 11) is 3.61. The molecule has 2 aromatic carbocycles. The number of aryl methyl sites for hydroxylation is 2. The number of benzene rings is 2. The first-order chi connectivity index (χ1) is 15.7. The van der Waals surface area contributed by atoms with Crippen LogP contribution in [0.25, 0.3) is 5.57 Å². The van der Waals surface area contributed by atoms with Crippen molar-refractivity contribution < 1.29 is 34.4 Å². The molecule has 1 fully saturated rings. The zero-order valence-corrected chi connectivity index (χ0v) is 18.9. The van der Waals surface area contributed by atoms with Crippen LogP contribution < -0.4 is 5.11 Å². The van der Waals surface area contributed by atoms with E-state index in [1.54, 1.807) is 14.1 Å². The Kier molecular flexibility index (Phi) is 6.70. The van der Waals surface area contributed by atoms with E-state index in [1.165, 1.54) is 22.3 Å². The maximum atomic E-state index is 11.4. The average Bonchev–Trinajstić information content (AvgIpc) is 2.94. The van der Waals surface area contributed by atoms with E-state index in [-0.39, 0.29) is 4.48 Å². The molecule has 3 N–H and O–H groups in total. The highest BCUT2D eigenvalue weighted by atomic mass is 16.6. The summed E-state index contributed by atoms with van der Waals surface area (Å²) in [5.74, 6) is -1.62.